The van der Waals surface area contributed by atoms with Crippen LogP contribution in [0.4, 0.5) is 4.39 Å². The van der Waals surface area contributed by atoms with Crippen molar-refractivity contribution in [1.29, 1.82) is 0 Å². The van der Waals surface area contributed by atoms with E-state index in [9.17, 15) is 4.39 Å². The maximum Gasteiger partial charge on any atom is 0.123 e. The second-order valence-corrected chi connectivity index (χ2v) is 5.75. The van der Waals surface area contributed by atoms with E-state index >= 15 is 0 Å². The molecule has 3 rings (SSSR count). The van der Waals surface area contributed by atoms with Gasteiger partial charge in [0.1, 0.15) is 5.82 Å². The minimum atomic E-state index is -0.188. The summed E-state index contributed by atoms with van der Waals surface area (Å²) in [5, 5.41) is 0. The highest BCUT2D eigenvalue weighted by atomic mass is 19.1. The Hall–Kier alpha value is -1.71. The predicted octanol–water partition coefficient (Wildman–Crippen LogP) is 3.20. The van der Waals surface area contributed by atoms with Crippen LogP contribution in [0.15, 0.2) is 54.6 Å². The lowest BCUT2D eigenvalue weighted by Crippen LogP contribution is -2.28. The average molecular weight is 284 g/mol. The van der Waals surface area contributed by atoms with Gasteiger partial charge in [0.2, 0.25) is 0 Å². The summed E-state index contributed by atoms with van der Waals surface area (Å²) >= 11 is 0. The first-order valence-electron chi connectivity index (χ1n) is 7.52. The summed E-state index contributed by atoms with van der Waals surface area (Å²) in [6.07, 6.45) is 1.14. The lowest BCUT2D eigenvalue weighted by molar-refractivity contribution is 0.270. The summed E-state index contributed by atoms with van der Waals surface area (Å²) in [7, 11) is 0. The third-order valence-corrected chi connectivity index (χ3v) is 4.32. The predicted molar refractivity (Wildman–Crippen MR) is 83.4 cm³/mol. The zero-order valence-electron chi connectivity index (χ0n) is 12.1. The van der Waals surface area contributed by atoms with Crippen molar-refractivity contribution in [2.45, 2.75) is 12.5 Å². The molecule has 2 aromatic rings. The van der Waals surface area contributed by atoms with Gasteiger partial charge in [-0.1, -0.05) is 42.5 Å². The molecule has 0 spiro atoms. The van der Waals surface area contributed by atoms with E-state index in [1.165, 1.54) is 5.56 Å². The molecule has 0 bridgehead atoms. The molecule has 0 saturated carbocycles. The van der Waals surface area contributed by atoms with Gasteiger partial charge in [-0.3, -0.25) is 4.90 Å². The van der Waals surface area contributed by atoms with Gasteiger partial charge in [-0.15, -0.1) is 0 Å². The van der Waals surface area contributed by atoms with Crippen LogP contribution in [-0.2, 0) is 0 Å². The van der Waals surface area contributed by atoms with Crippen molar-refractivity contribution >= 4 is 0 Å². The van der Waals surface area contributed by atoms with Gasteiger partial charge in [0.15, 0.2) is 0 Å². The van der Waals surface area contributed by atoms with Crippen molar-refractivity contribution in [2.75, 3.05) is 19.6 Å². The van der Waals surface area contributed by atoms with Gasteiger partial charge in [0.25, 0.3) is 0 Å². The highest BCUT2D eigenvalue weighted by Gasteiger charge is 2.29. The van der Waals surface area contributed by atoms with Crippen molar-refractivity contribution in [3.63, 3.8) is 0 Å². The first-order chi connectivity index (χ1) is 10.3. The van der Waals surface area contributed by atoms with Crippen molar-refractivity contribution < 1.29 is 4.39 Å². The summed E-state index contributed by atoms with van der Waals surface area (Å²) in [5.74, 6) is 0.378. The number of rotatable bonds is 4. The normalized spacial score (nSPS) is 20.6. The van der Waals surface area contributed by atoms with E-state index in [2.05, 4.69) is 29.2 Å². The van der Waals surface area contributed by atoms with Gasteiger partial charge in [-0.25, -0.2) is 4.39 Å². The van der Waals surface area contributed by atoms with E-state index in [0.717, 1.165) is 31.6 Å². The molecule has 0 aliphatic carbocycles. The van der Waals surface area contributed by atoms with Crippen molar-refractivity contribution in [2.24, 2.45) is 11.7 Å². The van der Waals surface area contributed by atoms with Gasteiger partial charge in [0, 0.05) is 6.54 Å². The molecule has 1 aliphatic rings. The molecule has 2 nitrogen and oxygen atoms in total. The van der Waals surface area contributed by atoms with Crippen LogP contribution in [-0.4, -0.2) is 24.5 Å². The second kappa shape index (κ2) is 6.37. The first-order valence-corrected chi connectivity index (χ1v) is 7.52. The Morgan fingerprint density at radius 1 is 1.05 bits per heavy atom. The Morgan fingerprint density at radius 3 is 2.33 bits per heavy atom. The fourth-order valence-corrected chi connectivity index (χ4v) is 3.18. The standard InChI is InChI=1S/C18H21FN2/c19-17-8-6-16(7-9-17)18(15-4-2-1-3-5-15)21-11-10-14(12-20)13-21/h1-9,14,18H,10-13,20H2. The Labute approximate surface area is 125 Å². The molecular weight excluding hydrogens is 263 g/mol. The zero-order chi connectivity index (χ0) is 14.7. The molecule has 3 heteroatoms. The molecule has 2 aromatic carbocycles. The second-order valence-electron chi connectivity index (χ2n) is 5.75. The monoisotopic (exact) mass is 284 g/mol. The van der Waals surface area contributed by atoms with Crippen LogP contribution in [0.1, 0.15) is 23.6 Å². The van der Waals surface area contributed by atoms with Crippen molar-refractivity contribution in [1.82, 2.24) is 4.90 Å². The number of halogens is 1. The van der Waals surface area contributed by atoms with Gasteiger partial charge in [-0.05, 0) is 48.7 Å². The van der Waals surface area contributed by atoms with Crippen LogP contribution in [0.2, 0.25) is 0 Å². The van der Waals surface area contributed by atoms with E-state index < -0.39 is 0 Å². The average Bonchev–Trinajstić information content (AvgIpc) is 2.99. The molecule has 2 unspecified atom stereocenters. The fourth-order valence-electron chi connectivity index (χ4n) is 3.18. The summed E-state index contributed by atoms with van der Waals surface area (Å²) < 4.78 is 13.2. The Bertz CT molecular complexity index is 568. The topological polar surface area (TPSA) is 29.3 Å². The van der Waals surface area contributed by atoms with E-state index in [0.29, 0.717) is 5.92 Å². The Balaban J connectivity index is 1.94. The van der Waals surface area contributed by atoms with E-state index in [1.807, 2.05) is 18.2 Å². The molecule has 1 fully saturated rings. The van der Waals surface area contributed by atoms with Crippen molar-refractivity contribution in [3.8, 4) is 0 Å². The van der Waals surface area contributed by atoms with Crippen LogP contribution >= 0.6 is 0 Å². The lowest BCUT2D eigenvalue weighted by Gasteiger charge is -2.29. The van der Waals surface area contributed by atoms with E-state index in [1.54, 1.807) is 12.1 Å². The lowest BCUT2D eigenvalue weighted by atomic mass is 9.97. The number of likely N-dealkylation sites (tertiary alicyclic amines) is 1. The van der Waals surface area contributed by atoms with Crippen LogP contribution in [0.5, 0.6) is 0 Å². The molecule has 0 amide bonds. The Morgan fingerprint density at radius 2 is 1.71 bits per heavy atom. The SMILES string of the molecule is NCC1CCN(C(c2ccccc2)c2ccc(F)cc2)C1. The molecule has 0 aromatic heterocycles. The number of benzene rings is 2. The molecular formula is C18H21FN2. The molecule has 0 radical (unpaired) electrons. The minimum Gasteiger partial charge on any atom is -0.330 e. The molecule has 1 heterocycles. The summed E-state index contributed by atoms with van der Waals surface area (Å²) in [4.78, 5) is 2.46. The summed E-state index contributed by atoms with van der Waals surface area (Å²) in [6, 6.07) is 17.5. The maximum absolute atomic E-state index is 13.2. The number of nitrogens with two attached hydrogens (primary N) is 1. The quantitative estimate of drug-likeness (QED) is 0.934. The molecule has 2 N–H and O–H groups in total. The summed E-state index contributed by atoms with van der Waals surface area (Å²) in [6.45, 7) is 2.79. The number of hydrogen-bond acceptors (Lipinski definition) is 2. The number of hydrogen-bond donors (Lipinski definition) is 1. The first kappa shape index (κ1) is 14.2. The maximum atomic E-state index is 13.2. The van der Waals surface area contributed by atoms with Crippen LogP contribution < -0.4 is 5.73 Å². The third-order valence-electron chi connectivity index (χ3n) is 4.32. The molecule has 110 valence electrons. The smallest absolute Gasteiger partial charge is 0.123 e. The van der Waals surface area contributed by atoms with Gasteiger partial charge < -0.3 is 5.73 Å². The largest absolute Gasteiger partial charge is 0.330 e. The molecule has 21 heavy (non-hydrogen) atoms. The van der Waals surface area contributed by atoms with Gasteiger partial charge in [-0.2, -0.15) is 0 Å². The molecule has 1 saturated heterocycles. The zero-order valence-corrected chi connectivity index (χ0v) is 12.1. The molecule has 2 atom stereocenters. The van der Waals surface area contributed by atoms with Crippen LogP contribution in [0.3, 0.4) is 0 Å². The van der Waals surface area contributed by atoms with Crippen molar-refractivity contribution in [3.05, 3.63) is 71.5 Å². The molecule has 1 aliphatic heterocycles. The van der Waals surface area contributed by atoms with Crippen LogP contribution in [0.25, 0.3) is 0 Å². The Kier molecular flexibility index (Phi) is 4.32. The minimum absolute atomic E-state index is 0.184. The van der Waals surface area contributed by atoms with Gasteiger partial charge in [0.05, 0.1) is 6.04 Å². The number of nitrogens with zero attached hydrogens (tertiary/aromatic N) is 1. The summed E-state index contributed by atoms with van der Waals surface area (Å²) in [5.41, 5.74) is 8.21. The van der Waals surface area contributed by atoms with E-state index in [4.69, 9.17) is 5.73 Å². The van der Waals surface area contributed by atoms with Crippen LogP contribution in [0, 0.1) is 11.7 Å². The highest BCUT2D eigenvalue weighted by Crippen LogP contribution is 2.32. The third kappa shape index (κ3) is 3.14. The highest BCUT2D eigenvalue weighted by molar-refractivity contribution is 5.32. The van der Waals surface area contributed by atoms with E-state index in [-0.39, 0.29) is 11.9 Å². The van der Waals surface area contributed by atoms with Gasteiger partial charge >= 0.3 is 0 Å². The fraction of sp³-hybridized carbons (Fsp3) is 0.333.